The molecule has 166 valence electrons. The van der Waals surface area contributed by atoms with Gasteiger partial charge in [0.05, 0.1) is 18.5 Å². The van der Waals surface area contributed by atoms with Crippen LogP contribution in [0.25, 0.3) is 5.65 Å². The smallest absolute Gasteiger partial charge is 0.336 e. The van der Waals surface area contributed by atoms with Crippen molar-refractivity contribution in [3.05, 3.63) is 41.2 Å². The molecule has 0 aliphatic carbocycles. The number of imidazole rings is 1. The molecule has 8 heteroatoms. The van der Waals surface area contributed by atoms with Crippen LogP contribution in [0.3, 0.4) is 0 Å². The Labute approximate surface area is 183 Å². The number of ether oxygens (including phenoxy) is 1. The SMILES string of the molecule is CCCCOc1nc(N)c2ncc(Cc3ccc(N4CC(C)NC(C)C4)c(C)c3)n2n1. The van der Waals surface area contributed by atoms with Crippen molar-refractivity contribution in [1.82, 2.24) is 24.9 Å². The topological polar surface area (TPSA) is 93.6 Å². The third kappa shape index (κ3) is 4.74. The molecule has 1 aliphatic rings. The van der Waals surface area contributed by atoms with Crippen LogP contribution in [0.15, 0.2) is 24.4 Å². The van der Waals surface area contributed by atoms with E-state index in [4.69, 9.17) is 10.5 Å². The van der Waals surface area contributed by atoms with Crippen LogP contribution in [0.5, 0.6) is 6.01 Å². The molecule has 0 spiro atoms. The highest BCUT2D eigenvalue weighted by Crippen LogP contribution is 2.25. The van der Waals surface area contributed by atoms with E-state index in [1.807, 2.05) is 6.20 Å². The van der Waals surface area contributed by atoms with Crippen molar-refractivity contribution in [2.24, 2.45) is 0 Å². The molecule has 1 saturated heterocycles. The number of rotatable bonds is 7. The Hall–Kier alpha value is -2.87. The molecule has 3 heterocycles. The average molecular weight is 424 g/mol. The van der Waals surface area contributed by atoms with Crippen molar-refractivity contribution in [1.29, 1.82) is 0 Å². The van der Waals surface area contributed by atoms with E-state index >= 15 is 0 Å². The van der Waals surface area contributed by atoms with Gasteiger partial charge in [0.2, 0.25) is 0 Å². The highest BCUT2D eigenvalue weighted by molar-refractivity contribution is 5.60. The van der Waals surface area contributed by atoms with E-state index in [1.54, 1.807) is 4.52 Å². The largest absolute Gasteiger partial charge is 0.462 e. The monoisotopic (exact) mass is 423 g/mol. The average Bonchev–Trinajstić information content (AvgIpc) is 3.11. The van der Waals surface area contributed by atoms with Crippen LogP contribution in [0.1, 0.15) is 50.4 Å². The van der Waals surface area contributed by atoms with E-state index in [0.717, 1.165) is 31.6 Å². The number of nitrogens with one attached hydrogen (secondary N) is 1. The van der Waals surface area contributed by atoms with Crippen LogP contribution in [-0.4, -0.2) is 51.4 Å². The molecule has 1 fully saturated rings. The second-order valence-corrected chi connectivity index (χ2v) is 8.64. The van der Waals surface area contributed by atoms with Crippen molar-refractivity contribution in [3.63, 3.8) is 0 Å². The van der Waals surface area contributed by atoms with E-state index in [2.05, 4.69) is 71.2 Å². The van der Waals surface area contributed by atoms with Crippen LogP contribution in [0.2, 0.25) is 0 Å². The number of hydrogen-bond donors (Lipinski definition) is 2. The maximum absolute atomic E-state index is 6.09. The normalized spacial score (nSPS) is 19.2. The van der Waals surface area contributed by atoms with Gasteiger partial charge in [-0.1, -0.05) is 25.5 Å². The van der Waals surface area contributed by atoms with Crippen LogP contribution in [0.4, 0.5) is 11.5 Å². The van der Waals surface area contributed by atoms with E-state index in [-0.39, 0.29) is 0 Å². The van der Waals surface area contributed by atoms with Crippen molar-refractivity contribution in [3.8, 4) is 6.01 Å². The quantitative estimate of drug-likeness (QED) is 0.564. The van der Waals surface area contributed by atoms with Gasteiger partial charge in [0.25, 0.3) is 0 Å². The summed E-state index contributed by atoms with van der Waals surface area (Å²) in [6, 6.07) is 7.96. The van der Waals surface area contributed by atoms with Crippen LogP contribution < -0.4 is 20.7 Å². The predicted molar refractivity (Wildman–Crippen MR) is 124 cm³/mol. The van der Waals surface area contributed by atoms with Gasteiger partial charge in [0, 0.05) is 37.3 Å². The summed E-state index contributed by atoms with van der Waals surface area (Å²) in [6.07, 6.45) is 4.53. The summed E-state index contributed by atoms with van der Waals surface area (Å²) in [4.78, 5) is 11.1. The van der Waals surface area contributed by atoms with E-state index in [9.17, 15) is 0 Å². The Morgan fingerprint density at radius 2 is 2.00 bits per heavy atom. The van der Waals surface area contributed by atoms with Gasteiger partial charge in [-0.25, -0.2) is 9.50 Å². The molecule has 3 N–H and O–H groups in total. The Balaban J connectivity index is 1.55. The molecule has 0 saturated carbocycles. The summed E-state index contributed by atoms with van der Waals surface area (Å²) in [6.45, 7) is 11.4. The number of anilines is 2. The summed E-state index contributed by atoms with van der Waals surface area (Å²) in [5.41, 5.74) is 11.4. The number of benzene rings is 1. The van der Waals surface area contributed by atoms with Gasteiger partial charge in [-0.05, 0) is 44.4 Å². The zero-order chi connectivity index (χ0) is 22.0. The molecular weight excluding hydrogens is 390 g/mol. The fourth-order valence-electron chi connectivity index (χ4n) is 4.33. The van der Waals surface area contributed by atoms with E-state index < -0.39 is 0 Å². The molecule has 0 bridgehead atoms. The second kappa shape index (κ2) is 9.09. The fourth-order valence-corrected chi connectivity index (χ4v) is 4.33. The lowest BCUT2D eigenvalue weighted by atomic mass is 10.0. The number of piperazine rings is 1. The number of unbranched alkanes of at least 4 members (excludes halogenated alkanes) is 1. The van der Waals surface area contributed by atoms with Crippen molar-refractivity contribution < 1.29 is 4.74 Å². The molecule has 8 nitrogen and oxygen atoms in total. The molecule has 2 aromatic heterocycles. The highest BCUT2D eigenvalue weighted by Gasteiger charge is 2.22. The zero-order valence-corrected chi connectivity index (χ0v) is 18.9. The van der Waals surface area contributed by atoms with Crippen molar-refractivity contribution in [2.75, 3.05) is 30.3 Å². The summed E-state index contributed by atoms with van der Waals surface area (Å²) in [7, 11) is 0. The van der Waals surface area contributed by atoms with Gasteiger partial charge in [-0.15, -0.1) is 5.10 Å². The third-order valence-electron chi connectivity index (χ3n) is 5.71. The molecule has 2 unspecified atom stereocenters. The molecule has 0 amide bonds. The summed E-state index contributed by atoms with van der Waals surface area (Å²) in [5, 5.41) is 8.12. The number of nitrogen functional groups attached to an aromatic ring is 1. The predicted octanol–water partition coefficient (Wildman–Crippen LogP) is 2.97. The molecular formula is C23H33N7O. The number of nitrogens with two attached hydrogens (primary N) is 1. The minimum absolute atomic E-state index is 0.297. The van der Waals surface area contributed by atoms with Crippen molar-refractivity contribution in [2.45, 2.75) is 59.0 Å². The van der Waals surface area contributed by atoms with Gasteiger partial charge in [-0.2, -0.15) is 4.98 Å². The molecule has 4 rings (SSSR count). The minimum atomic E-state index is 0.297. The van der Waals surface area contributed by atoms with Gasteiger partial charge in [0.1, 0.15) is 0 Å². The lowest BCUT2D eigenvalue weighted by molar-refractivity contribution is 0.280. The minimum Gasteiger partial charge on any atom is -0.462 e. The summed E-state index contributed by atoms with van der Waals surface area (Å²) < 4.78 is 7.42. The van der Waals surface area contributed by atoms with E-state index in [1.165, 1.54) is 16.8 Å². The number of nitrogens with zero attached hydrogens (tertiary/aromatic N) is 5. The Bertz CT molecular complexity index is 1040. The number of fused-ring (bicyclic) bond motifs is 1. The van der Waals surface area contributed by atoms with E-state index in [0.29, 0.717) is 42.6 Å². The summed E-state index contributed by atoms with van der Waals surface area (Å²) in [5.74, 6) is 0.334. The lowest BCUT2D eigenvalue weighted by Crippen LogP contribution is -2.54. The van der Waals surface area contributed by atoms with Crippen LogP contribution >= 0.6 is 0 Å². The van der Waals surface area contributed by atoms with Gasteiger partial charge < -0.3 is 20.7 Å². The zero-order valence-electron chi connectivity index (χ0n) is 18.9. The first-order valence-electron chi connectivity index (χ1n) is 11.2. The molecule has 1 aromatic carbocycles. The van der Waals surface area contributed by atoms with Crippen LogP contribution in [0, 0.1) is 6.92 Å². The van der Waals surface area contributed by atoms with Crippen molar-refractivity contribution >= 4 is 17.2 Å². The number of hydrogen-bond acceptors (Lipinski definition) is 7. The second-order valence-electron chi connectivity index (χ2n) is 8.64. The highest BCUT2D eigenvalue weighted by atomic mass is 16.5. The van der Waals surface area contributed by atoms with Gasteiger partial charge in [0.15, 0.2) is 11.5 Å². The first-order chi connectivity index (χ1) is 14.9. The molecule has 1 aliphatic heterocycles. The maximum Gasteiger partial charge on any atom is 0.336 e. The summed E-state index contributed by atoms with van der Waals surface area (Å²) >= 11 is 0. The number of aromatic nitrogens is 4. The first-order valence-corrected chi connectivity index (χ1v) is 11.2. The first kappa shape index (κ1) is 21.4. The lowest BCUT2D eigenvalue weighted by Gasteiger charge is -2.38. The van der Waals surface area contributed by atoms with Gasteiger partial charge >= 0.3 is 6.01 Å². The Kier molecular flexibility index (Phi) is 6.27. The fraction of sp³-hybridized carbons (Fsp3) is 0.522. The molecule has 31 heavy (non-hydrogen) atoms. The Morgan fingerprint density at radius 3 is 2.71 bits per heavy atom. The molecule has 0 radical (unpaired) electrons. The van der Waals surface area contributed by atoms with Crippen LogP contribution in [-0.2, 0) is 6.42 Å². The molecule has 3 aromatic rings. The maximum atomic E-state index is 6.09. The standard InChI is InChI=1S/C23H33N7O/c1-5-6-9-31-23-27-21(24)22-25-12-19(30(22)28-23)11-18-7-8-20(15(2)10-18)29-13-16(3)26-17(4)14-29/h7-8,10,12,16-17,26H,5-6,9,11,13-14H2,1-4H3,(H2,24,27,28). The van der Waals surface area contributed by atoms with Gasteiger partial charge in [-0.3, -0.25) is 0 Å². The third-order valence-corrected chi connectivity index (χ3v) is 5.71. The Morgan fingerprint density at radius 1 is 1.23 bits per heavy atom. The number of aryl methyl sites for hydroxylation is 1. The molecule has 2 atom stereocenters.